The summed E-state index contributed by atoms with van der Waals surface area (Å²) in [4.78, 5) is 43.0. The summed E-state index contributed by atoms with van der Waals surface area (Å²) in [6.45, 7) is 4.32. The number of halogens is 1. The van der Waals surface area contributed by atoms with E-state index in [2.05, 4.69) is 25.2 Å². The summed E-state index contributed by atoms with van der Waals surface area (Å²) in [6, 6.07) is 11.0. The Morgan fingerprint density at radius 3 is 2.69 bits per heavy atom. The Morgan fingerprint density at radius 2 is 1.92 bits per heavy atom. The molecule has 0 unspecified atom stereocenters. The Labute approximate surface area is 224 Å². The molecular weight excluding hydrogens is 501 g/mol. The average Bonchev–Trinajstić information content (AvgIpc) is 3.26. The van der Waals surface area contributed by atoms with Gasteiger partial charge in [-0.15, -0.1) is 0 Å². The maximum atomic E-state index is 13.3. The fourth-order valence-corrected chi connectivity index (χ4v) is 5.14. The number of hydrogen-bond donors (Lipinski definition) is 1. The first kappa shape index (κ1) is 24.5. The van der Waals surface area contributed by atoms with E-state index >= 15 is 0 Å². The average molecular weight is 528 g/mol. The van der Waals surface area contributed by atoms with Crippen LogP contribution in [0.1, 0.15) is 16.2 Å². The molecule has 10 nitrogen and oxygen atoms in total. The Hall–Kier alpha value is -4.80. The number of ether oxygens (including phenoxy) is 1. The predicted molar refractivity (Wildman–Crippen MR) is 144 cm³/mol. The normalized spacial score (nSPS) is 16.2. The standard InChI is InChI=1S/C28H26FN7O3/c1-17-10-22(18-4-3-7-30-12-18)25(34(17)2)26(37)27(38)33-20-5-6-23-24(11-20)39-16-21-15-35(8-9-36(21)23)28-31-13-19(29)14-32-28/h3-7,10-14,21H,8-9,15-16H2,1-2H3,(H,33,38)/t21-/m0/s1. The molecule has 1 saturated heterocycles. The number of benzene rings is 1. The fraction of sp³-hybridized carbons (Fsp3) is 0.250. The minimum atomic E-state index is -0.733. The van der Waals surface area contributed by atoms with E-state index in [0.717, 1.165) is 16.9 Å². The number of fused-ring (bicyclic) bond motifs is 3. The van der Waals surface area contributed by atoms with Crippen LogP contribution in [0.15, 0.2) is 61.2 Å². The third-order valence-electron chi connectivity index (χ3n) is 7.20. The van der Waals surface area contributed by atoms with Crippen molar-refractivity contribution in [2.75, 3.05) is 41.4 Å². The molecule has 1 amide bonds. The first-order valence-corrected chi connectivity index (χ1v) is 12.6. The van der Waals surface area contributed by atoms with Crippen LogP contribution in [0.25, 0.3) is 11.1 Å². The van der Waals surface area contributed by atoms with Crippen molar-refractivity contribution in [3.63, 3.8) is 0 Å². The predicted octanol–water partition coefficient (Wildman–Crippen LogP) is 3.23. The number of Topliss-reactive ketones (excluding diaryl/α,β-unsaturated/α-hetero) is 1. The van der Waals surface area contributed by atoms with Gasteiger partial charge in [-0.25, -0.2) is 14.4 Å². The molecule has 2 aliphatic heterocycles. The number of nitrogens with zero attached hydrogens (tertiary/aromatic N) is 6. The number of ketones is 1. The van der Waals surface area contributed by atoms with Crippen molar-refractivity contribution in [2.24, 2.45) is 7.05 Å². The van der Waals surface area contributed by atoms with E-state index in [1.54, 1.807) is 42.2 Å². The highest BCUT2D eigenvalue weighted by Gasteiger charge is 2.34. The van der Waals surface area contributed by atoms with Gasteiger partial charge in [0.2, 0.25) is 5.95 Å². The smallest absolute Gasteiger partial charge is 0.298 e. The van der Waals surface area contributed by atoms with Gasteiger partial charge in [0.25, 0.3) is 11.7 Å². The molecule has 1 aromatic carbocycles. The van der Waals surface area contributed by atoms with Crippen molar-refractivity contribution in [1.29, 1.82) is 0 Å². The number of amides is 1. The van der Waals surface area contributed by atoms with Crippen LogP contribution in [0.5, 0.6) is 5.75 Å². The van der Waals surface area contributed by atoms with E-state index in [4.69, 9.17) is 4.74 Å². The number of rotatable bonds is 5. The van der Waals surface area contributed by atoms with Crippen LogP contribution in [-0.4, -0.2) is 63.5 Å². The van der Waals surface area contributed by atoms with Crippen molar-refractivity contribution in [3.05, 3.63) is 78.4 Å². The van der Waals surface area contributed by atoms with Gasteiger partial charge in [-0.1, -0.05) is 6.07 Å². The highest BCUT2D eigenvalue weighted by Crippen LogP contribution is 2.38. The van der Waals surface area contributed by atoms with Crippen molar-refractivity contribution < 1.29 is 18.7 Å². The highest BCUT2D eigenvalue weighted by atomic mass is 19.1. The number of anilines is 3. The summed E-state index contributed by atoms with van der Waals surface area (Å²) in [7, 11) is 1.76. The number of aryl methyl sites for hydroxylation is 1. The van der Waals surface area contributed by atoms with Crippen LogP contribution in [0, 0.1) is 12.7 Å². The van der Waals surface area contributed by atoms with E-state index in [1.165, 1.54) is 12.4 Å². The molecule has 0 saturated carbocycles. The number of hydrogen-bond acceptors (Lipinski definition) is 8. The molecule has 39 heavy (non-hydrogen) atoms. The van der Waals surface area contributed by atoms with Crippen LogP contribution in [0.2, 0.25) is 0 Å². The lowest BCUT2D eigenvalue weighted by atomic mass is 10.1. The van der Waals surface area contributed by atoms with Gasteiger partial charge in [0.1, 0.15) is 18.1 Å². The third-order valence-corrected chi connectivity index (χ3v) is 7.20. The fourth-order valence-electron chi connectivity index (χ4n) is 5.14. The lowest BCUT2D eigenvalue weighted by Gasteiger charge is -2.45. The van der Waals surface area contributed by atoms with Gasteiger partial charge in [-0.2, -0.15) is 0 Å². The molecule has 198 valence electrons. The molecule has 11 heteroatoms. The van der Waals surface area contributed by atoms with Gasteiger partial charge >= 0.3 is 0 Å². The molecule has 0 aliphatic carbocycles. The van der Waals surface area contributed by atoms with Crippen LogP contribution in [-0.2, 0) is 11.8 Å². The quantitative estimate of drug-likeness (QED) is 0.312. The van der Waals surface area contributed by atoms with E-state index in [-0.39, 0.29) is 6.04 Å². The summed E-state index contributed by atoms with van der Waals surface area (Å²) in [5.74, 6) is -0.715. The van der Waals surface area contributed by atoms with Gasteiger partial charge < -0.3 is 24.4 Å². The molecule has 0 bridgehead atoms. The summed E-state index contributed by atoms with van der Waals surface area (Å²) in [5, 5.41) is 2.74. The Kier molecular flexibility index (Phi) is 6.18. The largest absolute Gasteiger partial charge is 0.489 e. The molecule has 1 N–H and O–H groups in total. The van der Waals surface area contributed by atoms with Crippen molar-refractivity contribution in [3.8, 4) is 16.9 Å². The Morgan fingerprint density at radius 1 is 1.10 bits per heavy atom. The van der Waals surface area contributed by atoms with Crippen LogP contribution in [0.3, 0.4) is 0 Å². The number of carbonyl (C=O) groups is 2. The number of aromatic nitrogens is 4. The number of piperazine rings is 1. The zero-order chi connectivity index (χ0) is 27.1. The van der Waals surface area contributed by atoms with Gasteiger partial charge in [0.15, 0.2) is 5.82 Å². The SMILES string of the molecule is Cc1cc(-c2cccnc2)c(C(=O)C(=O)Nc2ccc3c(c2)OC[C@@H]2CN(c4ncc(F)cn4)CCN32)n1C. The van der Waals surface area contributed by atoms with E-state index in [9.17, 15) is 14.0 Å². The topological polar surface area (TPSA) is 105 Å². The molecule has 2 aliphatic rings. The lowest BCUT2D eigenvalue weighted by molar-refractivity contribution is -0.112. The zero-order valence-corrected chi connectivity index (χ0v) is 21.5. The number of nitrogens with one attached hydrogen (secondary N) is 1. The first-order valence-electron chi connectivity index (χ1n) is 12.6. The molecule has 0 spiro atoms. The van der Waals surface area contributed by atoms with Crippen LogP contribution in [0.4, 0.5) is 21.7 Å². The minimum absolute atomic E-state index is 0.0633. The Bertz CT molecular complexity index is 1560. The van der Waals surface area contributed by atoms with Crippen LogP contribution < -0.4 is 19.9 Å². The maximum Gasteiger partial charge on any atom is 0.298 e. The van der Waals surface area contributed by atoms with Crippen molar-refractivity contribution in [1.82, 2.24) is 19.5 Å². The molecule has 3 aromatic heterocycles. The summed E-state index contributed by atoms with van der Waals surface area (Å²) in [6.07, 6.45) is 5.67. The van der Waals surface area contributed by atoms with Crippen molar-refractivity contribution in [2.45, 2.75) is 13.0 Å². The molecule has 1 atom stereocenters. The second-order valence-corrected chi connectivity index (χ2v) is 9.62. The van der Waals surface area contributed by atoms with E-state index in [0.29, 0.717) is 54.9 Å². The summed E-state index contributed by atoms with van der Waals surface area (Å²) in [5.41, 5.74) is 3.96. The second kappa shape index (κ2) is 9.82. The van der Waals surface area contributed by atoms with E-state index in [1.807, 2.05) is 30.0 Å². The second-order valence-electron chi connectivity index (χ2n) is 9.62. The molecule has 4 aromatic rings. The molecule has 0 radical (unpaired) electrons. The van der Waals surface area contributed by atoms with Gasteiger partial charge in [-0.3, -0.25) is 14.6 Å². The van der Waals surface area contributed by atoms with Gasteiger partial charge in [-0.05, 0) is 31.2 Å². The van der Waals surface area contributed by atoms with Gasteiger partial charge in [0, 0.05) is 67.7 Å². The number of pyridine rings is 1. The Balaban J connectivity index is 1.18. The summed E-state index contributed by atoms with van der Waals surface area (Å²) >= 11 is 0. The first-order chi connectivity index (χ1) is 18.9. The zero-order valence-electron chi connectivity index (χ0n) is 21.5. The summed E-state index contributed by atoms with van der Waals surface area (Å²) < 4.78 is 21.0. The number of carbonyl (C=O) groups excluding carboxylic acids is 2. The molecular formula is C28H26FN7O3. The monoisotopic (exact) mass is 527 g/mol. The maximum absolute atomic E-state index is 13.3. The van der Waals surface area contributed by atoms with E-state index < -0.39 is 17.5 Å². The highest BCUT2D eigenvalue weighted by molar-refractivity contribution is 6.47. The van der Waals surface area contributed by atoms with Crippen LogP contribution >= 0.6 is 0 Å². The minimum Gasteiger partial charge on any atom is -0.489 e. The van der Waals surface area contributed by atoms with Crippen molar-refractivity contribution >= 4 is 29.0 Å². The lowest BCUT2D eigenvalue weighted by Crippen LogP contribution is -2.57. The molecule has 6 rings (SSSR count). The molecule has 1 fully saturated rings. The molecule has 5 heterocycles. The van der Waals surface area contributed by atoms with Gasteiger partial charge in [0.05, 0.1) is 24.1 Å². The third kappa shape index (κ3) is 4.56.